The summed E-state index contributed by atoms with van der Waals surface area (Å²) < 4.78 is 18.3. The second-order valence-electron chi connectivity index (χ2n) is 9.68. The number of benzene rings is 2. The summed E-state index contributed by atoms with van der Waals surface area (Å²) in [7, 11) is 2.09. The Labute approximate surface area is 191 Å². The summed E-state index contributed by atoms with van der Waals surface area (Å²) in [6.07, 6.45) is 1.77. The minimum absolute atomic E-state index is 0.127. The molecule has 0 aliphatic rings. The predicted molar refractivity (Wildman–Crippen MR) is 129 cm³/mol. The molecule has 0 amide bonds. The van der Waals surface area contributed by atoms with Gasteiger partial charge in [0.2, 0.25) is 0 Å². The molecule has 174 valence electrons. The van der Waals surface area contributed by atoms with Gasteiger partial charge < -0.3 is 19.3 Å². The molecule has 1 aromatic heterocycles. The largest absolute Gasteiger partial charge is 0.493 e. The molecular formula is C24H35N3O4Si. The first-order valence-electron chi connectivity index (χ1n) is 11.0. The maximum atomic E-state index is 11.8. The molecule has 3 rings (SSSR count). The molecule has 0 radical (unpaired) electrons. The molecule has 0 saturated heterocycles. The summed E-state index contributed by atoms with van der Waals surface area (Å²) in [4.78, 5) is 0. The van der Waals surface area contributed by atoms with Gasteiger partial charge in [-0.25, -0.2) is 4.68 Å². The van der Waals surface area contributed by atoms with Crippen LogP contribution in [0, 0.1) is 5.92 Å². The fraction of sp³-hybridized carbons (Fsp3) is 0.500. The van der Waals surface area contributed by atoms with Crippen molar-refractivity contribution in [3.05, 3.63) is 47.8 Å². The highest BCUT2D eigenvalue weighted by molar-refractivity contribution is 6.76. The van der Waals surface area contributed by atoms with E-state index in [4.69, 9.17) is 14.2 Å². The van der Waals surface area contributed by atoms with Crippen molar-refractivity contribution in [2.45, 2.75) is 51.9 Å². The Morgan fingerprint density at radius 1 is 1.03 bits per heavy atom. The Morgan fingerprint density at radius 3 is 2.28 bits per heavy atom. The molecule has 0 aliphatic heterocycles. The lowest BCUT2D eigenvalue weighted by Gasteiger charge is -2.31. The molecule has 7 nitrogen and oxygen atoms in total. The predicted octanol–water partition coefficient (Wildman–Crippen LogP) is 4.65. The fourth-order valence-corrected chi connectivity index (χ4v) is 4.42. The van der Waals surface area contributed by atoms with Gasteiger partial charge in [-0.3, -0.25) is 0 Å². The van der Waals surface area contributed by atoms with E-state index in [1.807, 2.05) is 44.2 Å². The van der Waals surface area contributed by atoms with E-state index in [9.17, 15) is 5.11 Å². The molecule has 1 heterocycles. The quantitative estimate of drug-likeness (QED) is 0.353. The number of fused-ring (bicyclic) bond motifs is 1. The summed E-state index contributed by atoms with van der Waals surface area (Å²) in [6.45, 7) is 11.9. The number of ether oxygens (including phenoxy) is 3. The van der Waals surface area contributed by atoms with Crippen molar-refractivity contribution < 1.29 is 19.3 Å². The lowest BCUT2D eigenvalue weighted by Crippen LogP contribution is -2.34. The van der Waals surface area contributed by atoms with Crippen LogP contribution in [0.2, 0.25) is 25.7 Å². The van der Waals surface area contributed by atoms with E-state index in [0.29, 0.717) is 30.5 Å². The third-order valence-corrected chi connectivity index (χ3v) is 7.47. The number of aliphatic hydroxyl groups is 1. The number of nitrogens with zero attached hydrogens (tertiary/aromatic N) is 3. The average molecular weight is 458 g/mol. The van der Waals surface area contributed by atoms with Gasteiger partial charge in [-0.05, 0) is 46.5 Å². The first-order valence-corrected chi connectivity index (χ1v) is 14.7. The summed E-state index contributed by atoms with van der Waals surface area (Å²) in [5.74, 6) is 1.19. The van der Waals surface area contributed by atoms with Gasteiger partial charge in [-0.1, -0.05) is 50.8 Å². The van der Waals surface area contributed by atoms with Gasteiger partial charge in [0.1, 0.15) is 18.0 Å². The lowest BCUT2D eigenvalue weighted by atomic mass is 9.80. The lowest BCUT2D eigenvalue weighted by molar-refractivity contribution is 0.0273. The summed E-state index contributed by atoms with van der Waals surface area (Å²) in [6, 6.07) is 10.8. The van der Waals surface area contributed by atoms with Gasteiger partial charge in [0.15, 0.2) is 11.5 Å². The Kier molecular flexibility index (Phi) is 7.27. The molecule has 8 heteroatoms. The topological polar surface area (TPSA) is 78.6 Å². The van der Waals surface area contributed by atoms with Crippen molar-refractivity contribution in [1.82, 2.24) is 15.0 Å². The number of hydrogen-bond donors (Lipinski definition) is 1. The van der Waals surface area contributed by atoms with Gasteiger partial charge in [0.05, 0.1) is 20.4 Å². The maximum Gasteiger partial charge on any atom is 0.161 e. The van der Waals surface area contributed by atoms with E-state index in [-0.39, 0.29) is 5.92 Å². The van der Waals surface area contributed by atoms with Crippen molar-refractivity contribution in [2.24, 2.45) is 5.92 Å². The smallest absolute Gasteiger partial charge is 0.161 e. The average Bonchev–Trinajstić information content (AvgIpc) is 3.23. The second kappa shape index (κ2) is 9.60. The van der Waals surface area contributed by atoms with E-state index in [2.05, 4.69) is 30.0 Å². The van der Waals surface area contributed by atoms with Crippen LogP contribution in [0.15, 0.2) is 36.5 Å². The van der Waals surface area contributed by atoms with Gasteiger partial charge >= 0.3 is 0 Å². The number of hydrogen-bond acceptors (Lipinski definition) is 6. The first-order chi connectivity index (χ1) is 15.1. The highest BCUT2D eigenvalue weighted by atomic mass is 28.3. The molecule has 32 heavy (non-hydrogen) atoms. The zero-order valence-corrected chi connectivity index (χ0v) is 21.2. The zero-order chi connectivity index (χ0) is 23.5. The number of methoxy groups -OCH3 is 2. The van der Waals surface area contributed by atoms with Crippen LogP contribution in [0.25, 0.3) is 10.8 Å². The normalized spacial score (nSPS) is 14.0. The Balaban J connectivity index is 1.90. The third kappa shape index (κ3) is 5.14. The second-order valence-corrected chi connectivity index (χ2v) is 15.3. The molecule has 0 aliphatic carbocycles. The number of aromatic nitrogens is 3. The summed E-state index contributed by atoms with van der Waals surface area (Å²) >= 11 is 0. The molecule has 1 N–H and O–H groups in total. The molecule has 0 fully saturated rings. The van der Waals surface area contributed by atoms with Crippen LogP contribution in [0.1, 0.15) is 25.1 Å². The molecule has 1 unspecified atom stereocenters. The monoisotopic (exact) mass is 457 g/mol. The van der Waals surface area contributed by atoms with Crippen LogP contribution in [0.5, 0.6) is 11.5 Å². The van der Waals surface area contributed by atoms with Crippen LogP contribution >= 0.6 is 0 Å². The van der Waals surface area contributed by atoms with Gasteiger partial charge in [-0.2, -0.15) is 0 Å². The van der Waals surface area contributed by atoms with E-state index in [0.717, 1.165) is 22.4 Å². The van der Waals surface area contributed by atoms with Crippen molar-refractivity contribution in [2.75, 3.05) is 20.8 Å². The molecule has 1 atom stereocenters. The van der Waals surface area contributed by atoms with E-state index in [1.165, 1.54) is 0 Å². The minimum atomic E-state index is -1.29. The van der Waals surface area contributed by atoms with Crippen molar-refractivity contribution in [3.63, 3.8) is 0 Å². The minimum Gasteiger partial charge on any atom is -0.493 e. The number of rotatable bonds is 10. The van der Waals surface area contributed by atoms with Crippen LogP contribution < -0.4 is 9.47 Å². The van der Waals surface area contributed by atoms with Crippen LogP contribution in [0.4, 0.5) is 0 Å². The molecule has 3 aromatic rings. The van der Waals surface area contributed by atoms with E-state index >= 15 is 0 Å². The third-order valence-electron chi connectivity index (χ3n) is 5.77. The zero-order valence-electron chi connectivity index (χ0n) is 20.2. The molecule has 0 spiro atoms. The van der Waals surface area contributed by atoms with Crippen molar-refractivity contribution in [1.29, 1.82) is 0 Å². The Bertz CT molecular complexity index is 1060. The SMILES string of the molecule is COc1cc2ccc(C(O)(c3cn(COCC[Si](C)(C)C)nn3)C(C)C)cc2cc1OC. The van der Waals surface area contributed by atoms with Gasteiger partial charge in [0, 0.05) is 14.7 Å². The molecule has 0 bridgehead atoms. The Morgan fingerprint density at radius 2 is 1.69 bits per heavy atom. The van der Waals surface area contributed by atoms with Crippen LogP contribution in [0.3, 0.4) is 0 Å². The molecule has 0 saturated carbocycles. The summed E-state index contributed by atoms with van der Waals surface area (Å²) in [5.41, 5.74) is -0.0437. The van der Waals surface area contributed by atoms with Gasteiger partial charge in [-0.15, -0.1) is 5.10 Å². The van der Waals surface area contributed by atoms with Crippen LogP contribution in [-0.4, -0.2) is 49.0 Å². The standard InChI is InChI=1S/C24H35N3O4Si/c1-17(2)24(28,23-15-27(26-25-23)16-31-10-11-32(5,6)7)20-9-8-18-13-21(29-3)22(30-4)14-19(18)12-20/h8-9,12-15,17,28H,10-11,16H2,1-7H3. The maximum absolute atomic E-state index is 11.8. The van der Waals surface area contributed by atoms with E-state index in [1.54, 1.807) is 25.1 Å². The summed E-state index contributed by atoms with van der Waals surface area (Å²) in [5, 5.41) is 22.2. The van der Waals surface area contributed by atoms with Crippen LogP contribution in [-0.2, 0) is 17.1 Å². The molecular weight excluding hydrogens is 422 g/mol. The van der Waals surface area contributed by atoms with Gasteiger partial charge in [0.25, 0.3) is 0 Å². The fourth-order valence-electron chi connectivity index (χ4n) is 3.66. The first kappa shape index (κ1) is 24.2. The highest BCUT2D eigenvalue weighted by Crippen LogP contribution is 2.39. The highest BCUT2D eigenvalue weighted by Gasteiger charge is 2.38. The van der Waals surface area contributed by atoms with Crippen molar-refractivity contribution >= 4 is 18.8 Å². The Hall–Kier alpha value is -2.42. The van der Waals surface area contributed by atoms with Crippen molar-refractivity contribution in [3.8, 4) is 11.5 Å². The molecule has 2 aromatic carbocycles. The van der Waals surface area contributed by atoms with E-state index < -0.39 is 13.7 Å².